The van der Waals surface area contributed by atoms with E-state index in [0.29, 0.717) is 14.7 Å². The minimum absolute atomic E-state index is 0.408. The van der Waals surface area contributed by atoms with Gasteiger partial charge in [0, 0.05) is 56.4 Å². The maximum absolute atomic E-state index is 13.5. The molecule has 0 bridgehead atoms. The first-order valence-electron chi connectivity index (χ1n) is 17.4. The number of carboxylic acid groups (broad SMARTS) is 3. The molecule has 0 saturated heterocycles. The monoisotopic (exact) mass is 793 g/mol. The second-order valence-electron chi connectivity index (χ2n) is 12.5. The molecule has 22 nitrogen and oxygen atoms in total. The normalized spacial score (nSPS) is 14.0. The Bertz CT molecular complexity index is 1850. The summed E-state index contributed by atoms with van der Waals surface area (Å²) in [5.74, 6) is -5.71. The van der Waals surface area contributed by atoms with E-state index in [2.05, 4.69) is 0 Å². The Morgan fingerprint density at radius 2 is 0.804 bits per heavy atom. The van der Waals surface area contributed by atoms with Crippen molar-refractivity contribution >= 4 is 35.7 Å². The van der Waals surface area contributed by atoms with Crippen molar-refractivity contribution < 1.29 is 60.3 Å². The average molecular weight is 794 g/mol. The van der Waals surface area contributed by atoms with Crippen molar-refractivity contribution in [1.29, 1.82) is 0 Å². The van der Waals surface area contributed by atoms with Crippen LogP contribution < -0.4 is 36.7 Å². The number of pyridine rings is 3. The van der Waals surface area contributed by atoms with Crippen LogP contribution in [0, 0.1) is 0 Å². The second kappa shape index (κ2) is 18.5. The molecule has 11 N–H and O–H groups in total. The zero-order chi connectivity index (χ0) is 42.2. The predicted octanol–water partition coefficient (Wildman–Crippen LogP) is 0.152. The number of rotatable bonds is 18. The van der Waals surface area contributed by atoms with E-state index in [1.807, 2.05) is 0 Å². The zero-order valence-corrected chi connectivity index (χ0v) is 30.8. The second-order valence-corrected chi connectivity index (χ2v) is 12.5. The molecule has 22 heteroatoms. The molecule has 3 heterocycles. The van der Waals surface area contributed by atoms with Crippen molar-refractivity contribution in [3.63, 3.8) is 0 Å². The maximum Gasteiger partial charge on any atom is 0.413 e. The van der Waals surface area contributed by atoms with Gasteiger partial charge in [-0.2, -0.15) is 0 Å². The first kappa shape index (κ1) is 44.3. The fourth-order valence-electron chi connectivity index (χ4n) is 7.34. The van der Waals surface area contributed by atoms with Crippen LogP contribution in [0.2, 0.25) is 0 Å². The topological polar surface area (TPSA) is 335 Å². The Labute approximate surface area is 318 Å². The molecule has 0 aliphatic carbocycles. The van der Waals surface area contributed by atoms with E-state index >= 15 is 0 Å². The lowest BCUT2D eigenvalue weighted by Gasteiger charge is -2.54. The number of amides is 3. The summed E-state index contributed by atoms with van der Waals surface area (Å²) in [5.41, 5.74) is 1.53. The summed E-state index contributed by atoms with van der Waals surface area (Å²) in [5, 5.41) is 95.7. The SMILES string of the molecule is CCC(N(C(=O)O)c1c(O)c(=O)ccn1CCO)C(N)(C(CC)N(C(=O)O)c1c(O)c(=O)ccn1CCO)C(CC)N(C(=O)O)c1c(O)c(=O)ccn1CCO. The molecule has 3 atom stereocenters. The predicted molar refractivity (Wildman–Crippen MR) is 199 cm³/mol. The lowest BCUT2D eigenvalue weighted by atomic mass is 9.71. The molecular formula is C34H47N7O15. The minimum Gasteiger partial charge on any atom is -0.502 e. The van der Waals surface area contributed by atoms with E-state index in [1.54, 1.807) is 0 Å². The molecule has 3 aromatic rings. The van der Waals surface area contributed by atoms with Crippen LogP contribution in [0.4, 0.5) is 31.8 Å². The van der Waals surface area contributed by atoms with E-state index in [-0.39, 0.29) is 0 Å². The van der Waals surface area contributed by atoms with Crippen LogP contribution in [0.3, 0.4) is 0 Å². The number of hydrogen-bond donors (Lipinski definition) is 10. The molecule has 308 valence electrons. The largest absolute Gasteiger partial charge is 0.502 e. The highest BCUT2D eigenvalue weighted by Gasteiger charge is 2.58. The number of hydrogen-bond acceptors (Lipinski definition) is 13. The molecule has 3 amide bonds. The number of aliphatic hydroxyl groups is 3. The van der Waals surface area contributed by atoms with E-state index in [4.69, 9.17) is 5.73 Å². The van der Waals surface area contributed by atoms with Gasteiger partial charge >= 0.3 is 18.3 Å². The van der Waals surface area contributed by atoms with Crippen molar-refractivity contribution in [2.75, 3.05) is 34.5 Å². The smallest absolute Gasteiger partial charge is 0.413 e. The van der Waals surface area contributed by atoms with Crippen LogP contribution in [-0.4, -0.2) is 121 Å². The van der Waals surface area contributed by atoms with Gasteiger partial charge in [0.25, 0.3) is 0 Å². The van der Waals surface area contributed by atoms with Crippen molar-refractivity contribution in [2.45, 2.75) is 83.3 Å². The third-order valence-electron chi connectivity index (χ3n) is 9.52. The van der Waals surface area contributed by atoms with Gasteiger partial charge in [0.15, 0.2) is 17.5 Å². The van der Waals surface area contributed by atoms with E-state index < -0.39 is 152 Å². The number of aromatic hydroxyl groups is 3. The molecule has 3 unspecified atom stereocenters. The van der Waals surface area contributed by atoms with Gasteiger partial charge in [-0.05, 0) is 19.3 Å². The van der Waals surface area contributed by atoms with E-state index in [9.17, 15) is 74.7 Å². The molecular weight excluding hydrogens is 746 g/mol. The van der Waals surface area contributed by atoms with Crippen LogP contribution >= 0.6 is 0 Å². The molecule has 3 rings (SSSR count). The van der Waals surface area contributed by atoms with Gasteiger partial charge in [-0.1, -0.05) is 20.8 Å². The highest BCUT2D eigenvalue weighted by molar-refractivity contribution is 5.91. The highest BCUT2D eigenvalue weighted by atomic mass is 16.4. The number of aromatic nitrogens is 3. The summed E-state index contributed by atoms with van der Waals surface area (Å²) in [4.78, 5) is 80.3. The Kier molecular flexibility index (Phi) is 14.6. The van der Waals surface area contributed by atoms with Crippen LogP contribution in [0.5, 0.6) is 17.2 Å². The van der Waals surface area contributed by atoms with Crippen molar-refractivity contribution in [3.05, 3.63) is 67.5 Å². The highest BCUT2D eigenvalue weighted by Crippen LogP contribution is 2.42. The van der Waals surface area contributed by atoms with E-state index in [0.717, 1.165) is 50.5 Å². The summed E-state index contributed by atoms with van der Waals surface area (Å²) in [7, 11) is 0. The number of nitrogens with two attached hydrogens (primary N) is 1. The zero-order valence-electron chi connectivity index (χ0n) is 30.8. The van der Waals surface area contributed by atoms with Crippen molar-refractivity contribution in [2.24, 2.45) is 5.73 Å². The third kappa shape index (κ3) is 8.12. The molecule has 0 spiro atoms. The molecule has 56 heavy (non-hydrogen) atoms. The molecule has 0 aliphatic heterocycles. The summed E-state index contributed by atoms with van der Waals surface area (Å²) < 4.78 is 2.97. The summed E-state index contributed by atoms with van der Waals surface area (Å²) >= 11 is 0. The summed E-state index contributed by atoms with van der Waals surface area (Å²) in [6.07, 6.45) is -3.91. The van der Waals surface area contributed by atoms with Gasteiger partial charge in [-0.15, -0.1) is 0 Å². The minimum atomic E-state index is -2.68. The molecule has 0 saturated carbocycles. The third-order valence-corrected chi connectivity index (χ3v) is 9.52. The Morgan fingerprint density at radius 3 is 0.982 bits per heavy atom. The van der Waals surface area contributed by atoms with Gasteiger partial charge in [0.05, 0.1) is 43.5 Å². The first-order valence-corrected chi connectivity index (χ1v) is 17.4. The number of aliphatic hydroxyl groups excluding tert-OH is 3. The van der Waals surface area contributed by atoms with Gasteiger partial charge in [-0.3, -0.25) is 29.1 Å². The number of nitrogens with zero attached hydrogens (tertiary/aromatic N) is 6. The van der Waals surface area contributed by atoms with Crippen molar-refractivity contribution in [1.82, 2.24) is 13.7 Å². The Morgan fingerprint density at radius 1 is 0.571 bits per heavy atom. The molecule has 0 aromatic carbocycles. The first-order chi connectivity index (χ1) is 26.4. The van der Waals surface area contributed by atoms with Gasteiger partial charge < -0.3 is 65.4 Å². The van der Waals surface area contributed by atoms with Crippen LogP contribution in [0.15, 0.2) is 51.2 Å². The van der Waals surface area contributed by atoms with Crippen LogP contribution in [0.25, 0.3) is 0 Å². The molecule has 0 fully saturated rings. The maximum atomic E-state index is 13.5. The molecule has 0 radical (unpaired) electrons. The molecule has 3 aromatic heterocycles. The van der Waals surface area contributed by atoms with Gasteiger partial charge in [-0.25, -0.2) is 14.4 Å². The average Bonchev–Trinajstić information content (AvgIpc) is 3.14. The number of anilines is 3. The molecule has 0 aliphatic rings. The van der Waals surface area contributed by atoms with Crippen LogP contribution in [0.1, 0.15) is 40.0 Å². The fraction of sp³-hybridized carbons (Fsp3) is 0.471. The van der Waals surface area contributed by atoms with Crippen LogP contribution in [-0.2, 0) is 19.6 Å². The van der Waals surface area contributed by atoms with Gasteiger partial charge in [0.1, 0.15) is 0 Å². The lowest BCUT2D eigenvalue weighted by Crippen LogP contribution is -2.78. The Balaban J connectivity index is 2.71. The summed E-state index contributed by atoms with van der Waals surface area (Å²) in [6.45, 7) is 0.951. The lowest BCUT2D eigenvalue weighted by molar-refractivity contribution is 0.151. The summed E-state index contributed by atoms with van der Waals surface area (Å²) in [6, 6.07) is -3.10. The standard InChI is InChI=1S/C34H47N7O15/c1-4-22(39(31(51)52)28-25(48)19(45)7-10-36(28)13-16-42)34(35,23(5-2)40(32(53)54)29-26(49)20(46)8-11-37(29)14-17-43)24(6-3)41(33(55)56)30-27(50)21(47)9-12-38(30)15-18-44/h7-12,22-24,42-44,48-50H,4-6,13-18,35H2,1-3H3,(H,51,52)(H,53,54)(H,55,56). The fourth-order valence-corrected chi connectivity index (χ4v) is 7.34. The number of carbonyl (C=O) groups is 3. The van der Waals surface area contributed by atoms with E-state index in [1.165, 1.54) is 20.8 Å². The Hall–Kier alpha value is -6.10. The quantitative estimate of drug-likeness (QED) is 0.0819. The van der Waals surface area contributed by atoms with Gasteiger partial charge in [0.2, 0.25) is 33.5 Å². The van der Waals surface area contributed by atoms with Crippen molar-refractivity contribution in [3.8, 4) is 17.2 Å².